The first kappa shape index (κ1) is 13.8. The highest BCUT2D eigenvalue weighted by Gasteiger charge is 2.36. The molecule has 0 spiro atoms. The fourth-order valence-corrected chi connectivity index (χ4v) is 3.28. The minimum absolute atomic E-state index is 0.0335. The Balaban J connectivity index is 1.49. The molecule has 1 saturated heterocycles. The molecule has 2 fully saturated rings. The van der Waals surface area contributed by atoms with Gasteiger partial charge in [0.05, 0.1) is 11.9 Å². The third-order valence-corrected chi connectivity index (χ3v) is 4.76. The van der Waals surface area contributed by atoms with Gasteiger partial charge >= 0.3 is 0 Å². The lowest BCUT2D eigenvalue weighted by atomic mass is 9.79. The highest BCUT2D eigenvalue weighted by Crippen LogP contribution is 2.33. The maximum atomic E-state index is 11.7. The second-order valence-electron chi connectivity index (χ2n) is 6.37. The number of hydrogen-bond acceptors (Lipinski definition) is 4. The van der Waals surface area contributed by atoms with E-state index >= 15 is 0 Å². The summed E-state index contributed by atoms with van der Waals surface area (Å²) < 4.78 is 1.71. The van der Waals surface area contributed by atoms with Gasteiger partial charge in [0.15, 0.2) is 0 Å². The highest BCUT2D eigenvalue weighted by molar-refractivity contribution is 4.91. The summed E-state index contributed by atoms with van der Waals surface area (Å²) in [4.78, 5) is 18.1. The van der Waals surface area contributed by atoms with Crippen molar-refractivity contribution in [1.82, 2.24) is 14.5 Å². The van der Waals surface area contributed by atoms with Crippen LogP contribution in [0, 0.1) is 5.92 Å². The average molecular weight is 277 g/mol. The molecule has 5 heteroatoms. The number of hydrogen-bond donors (Lipinski definition) is 1. The monoisotopic (exact) mass is 277 g/mol. The van der Waals surface area contributed by atoms with Crippen LogP contribution in [0.3, 0.4) is 0 Å². The predicted molar refractivity (Wildman–Crippen MR) is 76.5 cm³/mol. The zero-order valence-corrected chi connectivity index (χ0v) is 11.9. The molecular weight excluding hydrogens is 254 g/mol. The van der Waals surface area contributed by atoms with Gasteiger partial charge in [0, 0.05) is 25.4 Å². The van der Waals surface area contributed by atoms with E-state index in [1.54, 1.807) is 17.1 Å². The minimum Gasteiger partial charge on any atom is -0.389 e. The van der Waals surface area contributed by atoms with Crippen LogP contribution in [0.2, 0.25) is 0 Å². The van der Waals surface area contributed by atoms with Crippen LogP contribution in [0.25, 0.3) is 0 Å². The Kier molecular flexibility index (Phi) is 3.89. The molecule has 0 bridgehead atoms. The van der Waals surface area contributed by atoms with E-state index in [9.17, 15) is 9.90 Å². The summed E-state index contributed by atoms with van der Waals surface area (Å²) in [5.74, 6) is 0.546. The Bertz CT molecular complexity index is 502. The van der Waals surface area contributed by atoms with Crippen LogP contribution in [-0.2, 0) is 6.54 Å². The van der Waals surface area contributed by atoms with Gasteiger partial charge in [0.1, 0.15) is 0 Å². The van der Waals surface area contributed by atoms with Crippen molar-refractivity contribution in [1.29, 1.82) is 0 Å². The normalized spacial score (nSPS) is 23.4. The van der Waals surface area contributed by atoms with Crippen molar-refractivity contribution < 1.29 is 5.11 Å². The van der Waals surface area contributed by atoms with Gasteiger partial charge in [0.2, 0.25) is 0 Å². The van der Waals surface area contributed by atoms with Crippen molar-refractivity contribution in [2.45, 2.75) is 44.2 Å². The van der Waals surface area contributed by atoms with Crippen molar-refractivity contribution in [2.75, 3.05) is 19.6 Å². The molecule has 1 N–H and O–H groups in total. The van der Waals surface area contributed by atoms with E-state index in [1.807, 2.05) is 0 Å². The van der Waals surface area contributed by atoms with E-state index < -0.39 is 5.60 Å². The first-order valence-electron chi connectivity index (χ1n) is 7.60. The maximum Gasteiger partial charge on any atom is 0.253 e. The summed E-state index contributed by atoms with van der Waals surface area (Å²) in [6.07, 6.45) is 8.44. The zero-order chi connectivity index (χ0) is 14.0. The standard InChI is InChI=1S/C15H23N3O2/c19-14-2-7-16-12-18(14)10-13-3-8-17(9-4-13)11-15(20)5-1-6-15/h2,7,12-13,20H,1,3-6,8-11H2. The van der Waals surface area contributed by atoms with Crippen LogP contribution in [0.5, 0.6) is 0 Å². The summed E-state index contributed by atoms with van der Waals surface area (Å²) in [5.41, 5.74) is -0.376. The maximum absolute atomic E-state index is 11.7. The lowest BCUT2D eigenvalue weighted by molar-refractivity contribution is -0.0639. The molecule has 5 nitrogen and oxygen atoms in total. The lowest BCUT2D eigenvalue weighted by Gasteiger charge is -2.42. The van der Waals surface area contributed by atoms with Gasteiger partial charge in [-0.2, -0.15) is 0 Å². The number of likely N-dealkylation sites (tertiary alicyclic amines) is 1. The van der Waals surface area contributed by atoms with E-state index in [1.165, 1.54) is 6.07 Å². The Hall–Kier alpha value is -1.20. The third-order valence-electron chi connectivity index (χ3n) is 4.76. The zero-order valence-electron chi connectivity index (χ0n) is 11.9. The SMILES string of the molecule is O=c1ccncn1CC1CCN(CC2(O)CCC2)CC1. The predicted octanol–water partition coefficient (Wildman–Crippen LogP) is 0.870. The van der Waals surface area contributed by atoms with Crippen molar-refractivity contribution in [3.63, 3.8) is 0 Å². The molecule has 2 aliphatic rings. The van der Waals surface area contributed by atoms with Gasteiger partial charge in [-0.15, -0.1) is 0 Å². The van der Waals surface area contributed by atoms with Crippen molar-refractivity contribution in [2.24, 2.45) is 5.92 Å². The summed E-state index contributed by atoms with van der Waals surface area (Å²) in [6.45, 7) is 3.65. The fraction of sp³-hybridized carbons (Fsp3) is 0.733. The molecule has 110 valence electrons. The summed E-state index contributed by atoms with van der Waals surface area (Å²) in [7, 11) is 0. The van der Waals surface area contributed by atoms with E-state index in [-0.39, 0.29) is 5.56 Å². The molecule has 0 atom stereocenters. The van der Waals surface area contributed by atoms with Crippen LogP contribution in [0.15, 0.2) is 23.4 Å². The van der Waals surface area contributed by atoms with Crippen LogP contribution in [0.4, 0.5) is 0 Å². The van der Waals surface area contributed by atoms with E-state index in [2.05, 4.69) is 9.88 Å². The topological polar surface area (TPSA) is 58.4 Å². The Morgan fingerprint density at radius 3 is 2.70 bits per heavy atom. The quantitative estimate of drug-likeness (QED) is 0.887. The number of nitrogens with zero attached hydrogens (tertiary/aromatic N) is 3. The number of rotatable bonds is 4. The van der Waals surface area contributed by atoms with Gasteiger partial charge in [-0.25, -0.2) is 4.98 Å². The molecule has 0 aromatic carbocycles. The number of β-amino-alcohol motifs (C(OH)–C–C–N with tert-alkyl or cyclic N) is 1. The Morgan fingerprint density at radius 2 is 2.10 bits per heavy atom. The highest BCUT2D eigenvalue weighted by atomic mass is 16.3. The molecule has 1 aliphatic heterocycles. The minimum atomic E-state index is -0.410. The molecule has 20 heavy (non-hydrogen) atoms. The number of aliphatic hydroxyl groups is 1. The molecule has 1 saturated carbocycles. The molecule has 1 aromatic heterocycles. The second-order valence-corrected chi connectivity index (χ2v) is 6.37. The van der Waals surface area contributed by atoms with Gasteiger partial charge in [-0.1, -0.05) is 0 Å². The van der Waals surface area contributed by atoms with Gasteiger partial charge in [0.25, 0.3) is 5.56 Å². The molecule has 2 heterocycles. The summed E-state index contributed by atoms with van der Waals surface area (Å²) in [5, 5.41) is 10.2. The molecule has 1 aromatic rings. The van der Waals surface area contributed by atoms with Crippen LogP contribution in [0.1, 0.15) is 32.1 Å². The molecule has 0 radical (unpaired) electrons. The fourth-order valence-electron chi connectivity index (χ4n) is 3.28. The molecular formula is C15H23N3O2. The van der Waals surface area contributed by atoms with E-state index in [0.29, 0.717) is 5.92 Å². The van der Waals surface area contributed by atoms with E-state index in [0.717, 1.165) is 58.3 Å². The largest absolute Gasteiger partial charge is 0.389 e. The van der Waals surface area contributed by atoms with Gasteiger partial charge in [-0.05, 0) is 51.1 Å². The molecule has 0 unspecified atom stereocenters. The van der Waals surface area contributed by atoms with Crippen molar-refractivity contribution in [3.05, 3.63) is 28.9 Å². The average Bonchev–Trinajstić information content (AvgIpc) is 2.42. The smallest absolute Gasteiger partial charge is 0.253 e. The molecule has 3 rings (SSSR count). The van der Waals surface area contributed by atoms with Crippen molar-refractivity contribution in [3.8, 4) is 0 Å². The number of aromatic nitrogens is 2. The molecule has 0 amide bonds. The Morgan fingerprint density at radius 1 is 1.35 bits per heavy atom. The lowest BCUT2D eigenvalue weighted by Crippen LogP contribution is -2.50. The van der Waals surface area contributed by atoms with Crippen LogP contribution in [-0.4, -0.2) is 44.8 Å². The first-order valence-corrected chi connectivity index (χ1v) is 7.60. The summed E-state index contributed by atoms with van der Waals surface area (Å²) in [6, 6.07) is 1.52. The van der Waals surface area contributed by atoms with Gasteiger partial charge < -0.3 is 10.0 Å². The first-order chi connectivity index (χ1) is 9.65. The molecule has 1 aliphatic carbocycles. The Labute approximate surface area is 119 Å². The van der Waals surface area contributed by atoms with Gasteiger partial charge in [-0.3, -0.25) is 9.36 Å². The van der Waals surface area contributed by atoms with Crippen molar-refractivity contribution >= 4 is 0 Å². The second kappa shape index (κ2) is 5.66. The summed E-state index contributed by atoms with van der Waals surface area (Å²) >= 11 is 0. The third kappa shape index (κ3) is 3.10. The van der Waals surface area contributed by atoms with Crippen LogP contribution >= 0.6 is 0 Å². The number of piperidine rings is 1. The van der Waals surface area contributed by atoms with Crippen LogP contribution < -0.4 is 5.56 Å². The van der Waals surface area contributed by atoms with E-state index in [4.69, 9.17) is 0 Å².